The van der Waals surface area contributed by atoms with Crippen LogP contribution in [0.15, 0.2) is 18.2 Å². The normalized spacial score (nSPS) is 8.40. The first-order valence-electron chi connectivity index (χ1n) is 5.55. The van der Waals surface area contributed by atoms with Gasteiger partial charge >= 0.3 is 51.4 Å². The van der Waals surface area contributed by atoms with E-state index >= 15 is 0 Å². The smallest absolute Gasteiger partial charge is 0.186 e. The molecule has 1 rings (SSSR count). The molecule has 0 atom stereocenters. The Hall–Kier alpha value is 0.726. The van der Waals surface area contributed by atoms with Gasteiger partial charge in [0, 0.05) is 0 Å². The molecule has 0 aliphatic rings. The standard InChI is InChI=1S/C12H17.C2H6.K/c1-5-11-7-6-8-12(9(2)3)10(11)4;1-2;/h6-8H,5H2,1-4H3;1-2H3;/q-1;;+1. The van der Waals surface area contributed by atoms with Gasteiger partial charge in [-0.2, -0.15) is 17.5 Å². The van der Waals surface area contributed by atoms with Crippen molar-refractivity contribution in [1.29, 1.82) is 0 Å². The zero-order chi connectivity index (χ0) is 11.1. The SMILES string of the molecule is CC.CCc1cccc([C-](C)C)c1C.[K+]. The van der Waals surface area contributed by atoms with E-state index in [-0.39, 0.29) is 51.4 Å². The molecule has 0 amide bonds. The second kappa shape index (κ2) is 9.92. The maximum absolute atomic E-state index is 2.21. The molecule has 0 saturated carbocycles. The second-order valence-corrected chi connectivity index (χ2v) is 3.44. The molecular formula is C14H23K. The van der Waals surface area contributed by atoms with Gasteiger partial charge in [-0.1, -0.05) is 47.6 Å². The van der Waals surface area contributed by atoms with Crippen LogP contribution in [-0.4, -0.2) is 0 Å². The van der Waals surface area contributed by atoms with Crippen molar-refractivity contribution in [2.45, 2.75) is 48.0 Å². The van der Waals surface area contributed by atoms with Crippen LogP contribution in [0.3, 0.4) is 0 Å². The number of hydrogen-bond donors (Lipinski definition) is 0. The summed E-state index contributed by atoms with van der Waals surface area (Å²) in [5.74, 6) is 1.41. The number of hydrogen-bond acceptors (Lipinski definition) is 0. The topological polar surface area (TPSA) is 0 Å². The molecule has 0 bridgehead atoms. The van der Waals surface area contributed by atoms with Gasteiger partial charge in [-0.3, -0.25) is 0 Å². The maximum atomic E-state index is 2.21. The van der Waals surface area contributed by atoms with Gasteiger partial charge in [-0.15, -0.1) is 17.2 Å². The Labute approximate surface area is 138 Å². The average molecular weight is 230 g/mol. The van der Waals surface area contributed by atoms with Crippen molar-refractivity contribution < 1.29 is 51.4 Å². The summed E-state index contributed by atoms with van der Waals surface area (Å²) >= 11 is 0. The van der Waals surface area contributed by atoms with Gasteiger partial charge in [-0.25, -0.2) is 0 Å². The van der Waals surface area contributed by atoms with Crippen molar-refractivity contribution in [3.05, 3.63) is 40.8 Å². The first kappa shape index (κ1) is 18.1. The fourth-order valence-electron chi connectivity index (χ4n) is 1.61. The fraction of sp³-hybridized carbons (Fsp3) is 0.500. The maximum Gasteiger partial charge on any atom is 1.00 e. The molecule has 0 aliphatic carbocycles. The Bertz CT molecular complexity index is 264. The number of aryl methyl sites for hydroxylation is 1. The van der Waals surface area contributed by atoms with Crippen LogP contribution in [0.4, 0.5) is 0 Å². The van der Waals surface area contributed by atoms with Crippen molar-refractivity contribution >= 4 is 0 Å². The summed E-state index contributed by atoms with van der Waals surface area (Å²) in [5, 5.41) is 0. The zero-order valence-corrected chi connectivity index (χ0v) is 14.6. The largest absolute Gasteiger partial charge is 1.00 e. The Morgan fingerprint density at radius 2 is 1.67 bits per heavy atom. The third-order valence-corrected chi connectivity index (χ3v) is 2.37. The van der Waals surface area contributed by atoms with Crippen LogP contribution in [0.1, 0.15) is 51.3 Å². The van der Waals surface area contributed by atoms with Crippen LogP contribution in [0.2, 0.25) is 0 Å². The third kappa shape index (κ3) is 5.55. The molecule has 1 aromatic carbocycles. The van der Waals surface area contributed by atoms with E-state index in [0.717, 1.165) is 6.42 Å². The van der Waals surface area contributed by atoms with Gasteiger partial charge < -0.3 is 0 Å². The molecule has 0 saturated heterocycles. The molecule has 0 heterocycles. The van der Waals surface area contributed by atoms with E-state index in [2.05, 4.69) is 45.9 Å². The van der Waals surface area contributed by atoms with Crippen molar-refractivity contribution in [2.75, 3.05) is 0 Å². The molecule has 0 unspecified atom stereocenters. The molecule has 1 heteroatoms. The van der Waals surface area contributed by atoms with Crippen molar-refractivity contribution in [2.24, 2.45) is 0 Å². The zero-order valence-electron chi connectivity index (χ0n) is 11.4. The quantitative estimate of drug-likeness (QED) is 0.534. The molecule has 15 heavy (non-hydrogen) atoms. The van der Waals surface area contributed by atoms with Crippen molar-refractivity contribution in [3.8, 4) is 0 Å². The summed E-state index contributed by atoms with van der Waals surface area (Å²) in [6.07, 6.45) is 1.13. The van der Waals surface area contributed by atoms with E-state index < -0.39 is 0 Å². The Morgan fingerprint density at radius 3 is 2.07 bits per heavy atom. The van der Waals surface area contributed by atoms with E-state index in [9.17, 15) is 0 Å². The second-order valence-electron chi connectivity index (χ2n) is 3.44. The fourth-order valence-corrected chi connectivity index (χ4v) is 1.61. The van der Waals surface area contributed by atoms with Crippen LogP contribution < -0.4 is 51.4 Å². The molecule has 0 spiro atoms. The third-order valence-electron chi connectivity index (χ3n) is 2.37. The molecule has 0 aliphatic heterocycles. The summed E-state index contributed by atoms with van der Waals surface area (Å²) in [4.78, 5) is 0. The van der Waals surface area contributed by atoms with Crippen LogP contribution in [0, 0.1) is 12.8 Å². The number of benzene rings is 1. The first-order chi connectivity index (χ1) is 6.66. The van der Waals surface area contributed by atoms with E-state index in [0.29, 0.717) is 0 Å². The monoisotopic (exact) mass is 230 g/mol. The van der Waals surface area contributed by atoms with Gasteiger partial charge in [0.25, 0.3) is 0 Å². The van der Waals surface area contributed by atoms with Gasteiger partial charge in [0.2, 0.25) is 0 Å². The van der Waals surface area contributed by atoms with Gasteiger partial charge in [0.1, 0.15) is 0 Å². The predicted molar refractivity (Wildman–Crippen MR) is 65.6 cm³/mol. The summed E-state index contributed by atoms with van der Waals surface area (Å²) in [5.41, 5.74) is 4.32. The van der Waals surface area contributed by atoms with E-state index in [4.69, 9.17) is 0 Å². The van der Waals surface area contributed by atoms with Crippen molar-refractivity contribution in [1.82, 2.24) is 0 Å². The van der Waals surface area contributed by atoms with Gasteiger partial charge in [0.15, 0.2) is 0 Å². The molecule has 0 nitrogen and oxygen atoms in total. The molecule has 0 aromatic heterocycles. The predicted octanol–water partition coefficient (Wildman–Crippen LogP) is 1.55. The van der Waals surface area contributed by atoms with Gasteiger partial charge in [0.05, 0.1) is 0 Å². The molecular weight excluding hydrogens is 207 g/mol. The van der Waals surface area contributed by atoms with Crippen LogP contribution in [0.25, 0.3) is 0 Å². The van der Waals surface area contributed by atoms with E-state index in [1.807, 2.05) is 13.8 Å². The molecule has 80 valence electrons. The number of rotatable bonds is 2. The van der Waals surface area contributed by atoms with Crippen LogP contribution >= 0.6 is 0 Å². The first-order valence-corrected chi connectivity index (χ1v) is 5.55. The van der Waals surface area contributed by atoms with E-state index in [1.165, 1.54) is 22.6 Å². The van der Waals surface area contributed by atoms with Gasteiger partial charge in [-0.05, 0) is 6.42 Å². The summed E-state index contributed by atoms with van der Waals surface area (Å²) in [6, 6.07) is 6.56. The Balaban J connectivity index is 0. The molecule has 0 radical (unpaired) electrons. The Morgan fingerprint density at radius 1 is 1.13 bits per heavy atom. The minimum absolute atomic E-state index is 0. The minimum atomic E-state index is 0. The van der Waals surface area contributed by atoms with Crippen LogP contribution in [-0.2, 0) is 6.42 Å². The Kier molecular flexibility index (Phi) is 12.0. The van der Waals surface area contributed by atoms with E-state index in [1.54, 1.807) is 0 Å². The summed E-state index contributed by atoms with van der Waals surface area (Å²) in [6.45, 7) is 12.8. The van der Waals surface area contributed by atoms with Crippen molar-refractivity contribution in [3.63, 3.8) is 0 Å². The minimum Gasteiger partial charge on any atom is -0.186 e. The van der Waals surface area contributed by atoms with Crippen LogP contribution in [0.5, 0.6) is 0 Å². The molecule has 0 fully saturated rings. The summed E-state index contributed by atoms with van der Waals surface area (Å²) < 4.78 is 0. The average Bonchev–Trinajstić information content (AvgIpc) is 2.21. The molecule has 1 aromatic rings. The molecule has 0 N–H and O–H groups in total. The summed E-state index contributed by atoms with van der Waals surface area (Å²) in [7, 11) is 0.